The van der Waals surface area contributed by atoms with Gasteiger partial charge in [0.15, 0.2) is 11.6 Å². The highest BCUT2D eigenvalue weighted by molar-refractivity contribution is 7.04. The Morgan fingerprint density at radius 1 is 0.600 bits per heavy atom. The number of carbonyl (C=O) groups excluding carboxylic acids is 2. The second kappa shape index (κ2) is 18.2. The molecule has 0 N–H and O–H groups in total. The van der Waals surface area contributed by atoms with Crippen LogP contribution in [0.5, 0.6) is 5.75 Å². The van der Waals surface area contributed by atoms with E-state index in [1.165, 1.54) is 23.1 Å². The molecule has 2 aromatic heterocycles. The van der Waals surface area contributed by atoms with Crippen molar-refractivity contribution >= 4 is 35.0 Å². The van der Waals surface area contributed by atoms with Gasteiger partial charge in [0.25, 0.3) is 0 Å². The third-order valence-corrected chi connectivity index (χ3v) is 8.69. The minimum Gasteiger partial charge on any atom is -0.497 e. The summed E-state index contributed by atoms with van der Waals surface area (Å²) in [5.41, 5.74) is 3.92. The number of carbonyl (C=O) groups is 2. The normalized spacial score (nSPS) is 11.4. The Bertz CT molecular complexity index is 2050. The number of nitrogens with zero attached hydrogens (tertiary/aromatic N) is 6. The number of rotatable bonds is 11. The van der Waals surface area contributed by atoms with Gasteiger partial charge >= 0.3 is 11.9 Å². The standard InChI is InChI=1S/C19H19N3O3S.C18H17N3O2S/c1-3-25-17(23)13-20-19-21-18(14-9-11-16(24-2)12-10-14)22(26-19)15-7-5-4-6-8-15;1-2-23-16(22)13-19-18-20-17(14-9-5-3-6-10-14)21(24-18)15-11-7-4-8-12-15/h4-12H,3,13H2,1-2H3;3-12H,2,13H2,1H3/b20-19+;19-18+. The van der Waals surface area contributed by atoms with Crippen molar-refractivity contribution in [3.8, 4) is 39.9 Å². The molecule has 0 fully saturated rings. The average Bonchev–Trinajstić information content (AvgIpc) is 3.80. The Labute approximate surface area is 297 Å². The zero-order chi connectivity index (χ0) is 35.1. The zero-order valence-corrected chi connectivity index (χ0v) is 29.5. The largest absolute Gasteiger partial charge is 0.497 e. The van der Waals surface area contributed by atoms with E-state index in [-0.39, 0.29) is 25.0 Å². The van der Waals surface area contributed by atoms with Crippen molar-refractivity contribution in [2.45, 2.75) is 13.8 Å². The van der Waals surface area contributed by atoms with Gasteiger partial charge < -0.3 is 14.2 Å². The quantitative estimate of drug-likeness (QED) is 0.148. The maximum absolute atomic E-state index is 11.6. The summed E-state index contributed by atoms with van der Waals surface area (Å²) in [4.78, 5) is 41.9. The van der Waals surface area contributed by atoms with E-state index in [9.17, 15) is 9.59 Å². The zero-order valence-electron chi connectivity index (χ0n) is 27.8. The first-order valence-corrected chi connectivity index (χ1v) is 17.4. The summed E-state index contributed by atoms with van der Waals surface area (Å²) >= 11 is 2.78. The summed E-state index contributed by atoms with van der Waals surface area (Å²) in [6.45, 7) is 4.17. The summed E-state index contributed by atoms with van der Waals surface area (Å²) in [6, 6.07) is 37.4. The van der Waals surface area contributed by atoms with Crippen LogP contribution >= 0.6 is 23.1 Å². The van der Waals surface area contributed by atoms with Crippen LogP contribution in [0.3, 0.4) is 0 Å². The number of ether oxygens (including phenoxy) is 3. The van der Waals surface area contributed by atoms with E-state index >= 15 is 0 Å². The van der Waals surface area contributed by atoms with E-state index < -0.39 is 0 Å². The lowest BCUT2D eigenvalue weighted by molar-refractivity contribution is -0.142. The van der Waals surface area contributed by atoms with Gasteiger partial charge in [-0.05, 0) is 85.4 Å². The van der Waals surface area contributed by atoms with Crippen molar-refractivity contribution in [3.05, 3.63) is 125 Å². The van der Waals surface area contributed by atoms with Crippen LogP contribution in [0.2, 0.25) is 0 Å². The lowest BCUT2D eigenvalue weighted by Gasteiger charge is -2.06. The molecular formula is C37H36N6O5S2. The van der Waals surface area contributed by atoms with Crippen molar-refractivity contribution in [3.63, 3.8) is 0 Å². The summed E-state index contributed by atoms with van der Waals surface area (Å²) in [7, 11) is 1.63. The summed E-state index contributed by atoms with van der Waals surface area (Å²) in [5, 5.41) is 0. The van der Waals surface area contributed by atoms with Gasteiger partial charge in [-0.25, -0.2) is 17.9 Å². The third kappa shape index (κ3) is 9.71. The van der Waals surface area contributed by atoms with Gasteiger partial charge in [-0.15, -0.1) is 0 Å². The van der Waals surface area contributed by atoms with Crippen LogP contribution in [-0.2, 0) is 19.1 Å². The van der Waals surface area contributed by atoms with Crippen molar-refractivity contribution in [1.82, 2.24) is 17.9 Å². The summed E-state index contributed by atoms with van der Waals surface area (Å²) in [5.74, 6) is 1.63. The Balaban J connectivity index is 0.000000195. The van der Waals surface area contributed by atoms with Crippen LogP contribution in [0.1, 0.15) is 13.8 Å². The molecule has 6 rings (SSSR count). The Morgan fingerprint density at radius 3 is 1.40 bits per heavy atom. The maximum atomic E-state index is 11.6. The molecule has 6 aromatic rings. The molecule has 0 bridgehead atoms. The number of hydrogen-bond donors (Lipinski definition) is 0. The second-order valence-corrected chi connectivity index (χ2v) is 12.0. The van der Waals surface area contributed by atoms with Gasteiger partial charge in [0.1, 0.15) is 18.8 Å². The van der Waals surface area contributed by atoms with E-state index in [2.05, 4.69) is 20.0 Å². The number of hydrogen-bond acceptors (Lipinski definition) is 11. The third-order valence-electron chi connectivity index (χ3n) is 6.79. The monoisotopic (exact) mass is 708 g/mol. The number of aromatic nitrogens is 4. The molecule has 0 spiro atoms. The summed E-state index contributed by atoms with van der Waals surface area (Å²) < 4.78 is 19.0. The highest BCUT2D eigenvalue weighted by atomic mass is 32.1. The molecule has 0 atom stereocenters. The first kappa shape index (κ1) is 35.6. The van der Waals surface area contributed by atoms with Crippen LogP contribution in [0.15, 0.2) is 125 Å². The highest BCUT2D eigenvalue weighted by Crippen LogP contribution is 2.25. The fourth-order valence-corrected chi connectivity index (χ4v) is 6.28. The van der Waals surface area contributed by atoms with Crippen LogP contribution in [0.25, 0.3) is 34.2 Å². The van der Waals surface area contributed by atoms with E-state index in [0.717, 1.165) is 39.9 Å². The maximum Gasteiger partial charge on any atom is 0.327 e. The average molecular weight is 709 g/mol. The predicted molar refractivity (Wildman–Crippen MR) is 194 cm³/mol. The summed E-state index contributed by atoms with van der Waals surface area (Å²) in [6.07, 6.45) is 0. The molecule has 0 aliphatic carbocycles. The Hall–Kier alpha value is -5.66. The van der Waals surface area contributed by atoms with Gasteiger partial charge in [0, 0.05) is 11.1 Å². The van der Waals surface area contributed by atoms with Gasteiger partial charge in [-0.2, -0.15) is 9.97 Å². The van der Waals surface area contributed by atoms with Crippen LogP contribution in [0, 0.1) is 0 Å². The molecular weight excluding hydrogens is 673 g/mol. The number of para-hydroxylation sites is 2. The lowest BCUT2D eigenvalue weighted by atomic mass is 10.2. The number of esters is 2. The Kier molecular flexibility index (Phi) is 13.0. The minimum atomic E-state index is -0.361. The molecule has 4 aromatic carbocycles. The van der Waals surface area contributed by atoms with E-state index in [1.807, 2.05) is 123 Å². The topological polar surface area (TPSA) is 122 Å². The van der Waals surface area contributed by atoms with Gasteiger partial charge in [0.05, 0.1) is 31.7 Å². The molecule has 2 heterocycles. The Morgan fingerprint density at radius 2 is 1.00 bits per heavy atom. The predicted octanol–water partition coefficient (Wildman–Crippen LogP) is 6.14. The van der Waals surface area contributed by atoms with Gasteiger partial charge in [-0.1, -0.05) is 66.7 Å². The van der Waals surface area contributed by atoms with Crippen LogP contribution in [0.4, 0.5) is 0 Å². The second-order valence-electron chi connectivity index (χ2n) is 10.2. The SMILES string of the molecule is CCOC(=O)C/N=c1\nc(-c2ccc(OC)cc2)n(-c2ccccc2)s1.CCOC(=O)C/N=c1\nc(-c2ccccc2)n(-c2ccccc2)s1. The van der Waals surface area contributed by atoms with Gasteiger partial charge in [0.2, 0.25) is 9.60 Å². The van der Waals surface area contributed by atoms with Crippen molar-refractivity contribution < 1.29 is 23.8 Å². The van der Waals surface area contributed by atoms with E-state index in [1.54, 1.807) is 21.0 Å². The van der Waals surface area contributed by atoms with Crippen LogP contribution < -0.4 is 14.3 Å². The molecule has 0 saturated heterocycles. The molecule has 0 radical (unpaired) electrons. The molecule has 0 saturated carbocycles. The van der Waals surface area contributed by atoms with Gasteiger partial charge in [-0.3, -0.25) is 9.59 Å². The molecule has 13 heteroatoms. The first-order chi connectivity index (χ1) is 24.5. The molecule has 0 aliphatic heterocycles. The molecule has 0 aliphatic rings. The van der Waals surface area contributed by atoms with Crippen molar-refractivity contribution in [2.75, 3.05) is 33.4 Å². The van der Waals surface area contributed by atoms with E-state index in [4.69, 9.17) is 14.2 Å². The molecule has 0 unspecified atom stereocenters. The molecule has 50 heavy (non-hydrogen) atoms. The van der Waals surface area contributed by atoms with Crippen molar-refractivity contribution in [1.29, 1.82) is 0 Å². The first-order valence-electron chi connectivity index (χ1n) is 15.8. The smallest absolute Gasteiger partial charge is 0.327 e. The minimum absolute atomic E-state index is 0.0234. The molecule has 11 nitrogen and oxygen atoms in total. The lowest BCUT2D eigenvalue weighted by Crippen LogP contribution is -2.11. The highest BCUT2D eigenvalue weighted by Gasteiger charge is 2.13. The molecule has 256 valence electrons. The fraction of sp³-hybridized carbons (Fsp3) is 0.189. The van der Waals surface area contributed by atoms with Crippen LogP contribution in [-0.4, -0.2) is 63.2 Å². The van der Waals surface area contributed by atoms with Crippen molar-refractivity contribution in [2.24, 2.45) is 9.98 Å². The fourth-order valence-electron chi connectivity index (χ4n) is 4.54. The number of benzene rings is 4. The molecule has 0 amide bonds. The number of methoxy groups -OCH3 is 1. The van der Waals surface area contributed by atoms with E-state index in [0.29, 0.717) is 22.8 Å².